The van der Waals surface area contributed by atoms with Crippen LogP contribution in [-0.4, -0.2) is 24.0 Å². The molecule has 1 aliphatic carbocycles. The first-order valence-corrected chi connectivity index (χ1v) is 4.88. The van der Waals surface area contributed by atoms with Crippen LogP contribution in [0.15, 0.2) is 18.5 Å². The van der Waals surface area contributed by atoms with E-state index in [1.54, 1.807) is 0 Å². The maximum atomic E-state index is 4.20. The average molecular weight is 213 g/mol. The second-order valence-electron chi connectivity index (χ2n) is 3.95. The highest BCUT2D eigenvalue weighted by Crippen LogP contribution is 2.31. The Balaban J connectivity index is 0.000000980. The smallest absolute Gasteiger partial charge is 0.0360 e. The summed E-state index contributed by atoms with van der Waals surface area (Å²) in [6.07, 6.45) is 7.73. The Morgan fingerprint density at radius 1 is 1.43 bits per heavy atom. The lowest BCUT2D eigenvalue weighted by Gasteiger charge is -2.30. The summed E-state index contributed by atoms with van der Waals surface area (Å²) in [7, 11) is 4.29. The maximum Gasteiger partial charge on any atom is 0.0360 e. The summed E-state index contributed by atoms with van der Waals surface area (Å²) in [5.74, 6) is 0. The molecule has 1 atom stereocenters. The van der Waals surface area contributed by atoms with Crippen molar-refractivity contribution in [1.29, 1.82) is 0 Å². The summed E-state index contributed by atoms with van der Waals surface area (Å²) in [4.78, 5) is 6.50. The Kier molecular flexibility index (Phi) is 3.90. The number of hydrogen-bond acceptors (Lipinski definition) is 2. The van der Waals surface area contributed by atoms with Gasteiger partial charge in [-0.3, -0.25) is 4.98 Å². The van der Waals surface area contributed by atoms with Crippen LogP contribution in [0.2, 0.25) is 0 Å². The van der Waals surface area contributed by atoms with Gasteiger partial charge in [-0.25, -0.2) is 0 Å². The van der Waals surface area contributed by atoms with Crippen molar-refractivity contribution in [2.24, 2.45) is 0 Å². The fourth-order valence-electron chi connectivity index (χ4n) is 2.14. The zero-order valence-electron chi connectivity index (χ0n) is 8.73. The van der Waals surface area contributed by atoms with Gasteiger partial charge in [-0.2, -0.15) is 0 Å². The third kappa shape index (κ3) is 2.07. The van der Waals surface area contributed by atoms with E-state index in [2.05, 4.69) is 30.0 Å². The number of aromatic nitrogens is 1. The fraction of sp³-hybridized carbons (Fsp3) is 0.545. The minimum Gasteiger partial charge on any atom is -0.302 e. The molecule has 1 heterocycles. The second-order valence-corrected chi connectivity index (χ2v) is 3.95. The van der Waals surface area contributed by atoms with E-state index < -0.39 is 0 Å². The van der Waals surface area contributed by atoms with Gasteiger partial charge in [0.25, 0.3) is 0 Å². The highest BCUT2D eigenvalue weighted by atomic mass is 35.5. The van der Waals surface area contributed by atoms with Crippen LogP contribution in [-0.2, 0) is 6.42 Å². The molecule has 0 saturated heterocycles. The van der Waals surface area contributed by atoms with E-state index >= 15 is 0 Å². The average Bonchev–Trinajstić information content (AvgIpc) is 2.17. The molecule has 78 valence electrons. The van der Waals surface area contributed by atoms with Gasteiger partial charge >= 0.3 is 0 Å². The van der Waals surface area contributed by atoms with Gasteiger partial charge in [-0.15, -0.1) is 12.4 Å². The van der Waals surface area contributed by atoms with Crippen LogP contribution >= 0.6 is 12.4 Å². The minimum atomic E-state index is 0. The zero-order valence-corrected chi connectivity index (χ0v) is 9.55. The number of pyridine rings is 1. The standard InChI is InChI=1S/C11H16N2.ClH/c1-13(2)11-5-3-4-9-6-7-12-8-10(9)11;/h6-8,11H,3-5H2,1-2H3;1H. The Hall–Kier alpha value is -0.600. The van der Waals surface area contributed by atoms with Gasteiger partial charge in [0.2, 0.25) is 0 Å². The molecular formula is C11H17ClN2. The highest BCUT2D eigenvalue weighted by molar-refractivity contribution is 5.85. The quantitative estimate of drug-likeness (QED) is 0.711. The molecule has 14 heavy (non-hydrogen) atoms. The first kappa shape index (κ1) is 11.5. The van der Waals surface area contributed by atoms with E-state index in [4.69, 9.17) is 0 Å². The molecule has 3 heteroatoms. The third-order valence-corrected chi connectivity index (χ3v) is 2.85. The van der Waals surface area contributed by atoms with Gasteiger partial charge in [0.1, 0.15) is 0 Å². The number of aryl methyl sites for hydroxylation is 1. The molecule has 2 rings (SSSR count). The molecule has 0 radical (unpaired) electrons. The van der Waals surface area contributed by atoms with Crippen LogP contribution in [0.5, 0.6) is 0 Å². The number of fused-ring (bicyclic) bond motifs is 1. The number of halogens is 1. The zero-order chi connectivity index (χ0) is 9.26. The summed E-state index contributed by atoms with van der Waals surface area (Å²) < 4.78 is 0. The van der Waals surface area contributed by atoms with Crippen molar-refractivity contribution in [1.82, 2.24) is 9.88 Å². The Morgan fingerprint density at radius 2 is 2.21 bits per heavy atom. The summed E-state index contributed by atoms with van der Waals surface area (Å²) in [6.45, 7) is 0. The highest BCUT2D eigenvalue weighted by Gasteiger charge is 2.21. The van der Waals surface area contributed by atoms with Gasteiger partial charge in [-0.05, 0) is 50.6 Å². The molecule has 0 bridgehead atoms. The summed E-state index contributed by atoms with van der Waals surface area (Å²) in [5.41, 5.74) is 2.92. The van der Waals surface area contributed by atoms with Gasteiger partial charge in [-0.1, -0.05) is 0 Å². The minimum absolute atomic E-state index is 0. The molecule has 0 fully saturated rings. The number of hydrogen-bond donors (Lipinski definition) is 0. The topological polar surface area (TPSA) is 16.1 Å². The van der Waals surface area contributed by atoms with Crippen LogP contribution in [0, 0.1) is 0 Å². The van der Waals surface area contributed by atoms with E-state index in [0.29, 0.717) is 6.04 Å². The van der Waals surface area contributed by atoms with Crippen LogP contribution < -0.4 is 0 Å². The van der Waals surface area contributed by atoms with Crippen molar-refractivity contribution >= 4 is 12.4 Å². The van der Waals surface area contributed by atoms with E-state index in [1.165, 1.54) is 30.4 Å². The van der Waals surface area contributed by atoms with Gasteiger partial charge in [0.15, 0.2) is 0 Å². The normalized spacial score (nSPS) is 20.1. The van der Waals surface area contributed by atoms with Crippen LogP contribution in [0.4, 0.5) is 0 Å². The molecule has 0 saturated carbocycles. The van der Waals surface area contributed by atoms with Gasteiger partial charge in [0, 0.05) is 18.4 Å². The number of nitrogens with zero attached hydrogens (tertiary/aromatic N) is 2. The van der Waals surface area contributed by atoms with Crippen molar-refractivity contribution in [2.75, 3.05) is 14.1 Å². The summed E-state index contributed by atoms with van der Waals surface area (Å²) in [5, 5.41) is 0. The Morgan fingerprint density at radius 3 is 2.93 bits per heavy atom. The molecule has 0 aliphatic heterocycles. The van der Waals surface area contributed by atoms with Crippen molar-refractivity contribution in [3.8, 4) is 0 Å². The first-order chi connectivity index (χ1) is 6.29. The molecule has 1 aliphatic rings. The molecule has 0 amide bonds. The molecule has 0 spiro atoms. The molecule has 0 N–H and O–H groups in total. The van der Waals surface area contributed by atoms with Gasteiger partial charge < -0.3 is 4.90 Å². The predicted octanol–water partition coefficient (Wildman–Crippen LogP) is 2.44. The van der Waals surface area contributed by atoms with E-state index in [9.17, 15) is 0 Å². The lowest BCUT2D eigenvalue weighted by molar-refractivity contribution is 0.268. The van der Waals surface area contributed by atoms with Crippen molar-refractivity contribution in [2.45, 2.75) is 25.3 Å². The van der Waals surface area contributed by atoms with E-state index in [0.717, 1.165) is 0 Å². The van der Waals surface area contributed by atoms with Crippen molar-refractivity contribution in [3.05, 3.63) is 29.6 Å². The third-order valence-electron chi connectivity index (χ3n) is 2.85. The van der Waals surface area contributed by atoms with Crippen molar-refractivity contribution in [3.63, 3.8) is 0 Å². The number of rotatable bonds is 1. The van der Waals surface area contributed by atoms with Gasteiger partial charge in [0.05, 0.1) is 0 Å². The lowest BCUT2D eigenvalue weighted by Crippen LogP contribution is -2.24. The van der Waals surface area contributed by atoms with Crippen LogP contribution in [0.1, 0.15) is 30.0 Å². The van der Waals surface area contributed by atoms with E-state index in [1.807, 2.05) is 12.4 Å². The largest absolute Gasteiger partial charge is 0.302 e. The van der Waals surface area contributed by atoms with Crippen molar-refractivity contribution < 1.29 is 0 Å². The molecule has 2 nitrogen and oxygen atoms in total. The molecule has 1 unspecified atom stereocenters. The second kappa shape index (κ2) is 4.76. The van der Waals surface area contributed by atoms with Crippen LogP contribution in [0.25, 0.3) is 0 Å². The Labute approximate surface area is 91.7 Å². The monoisotopic (exact) mass is 212 g/mol. The fourth-order valence-corrected chi connectivity index (χ4v) is 2.14. The summed E-state index contributed by atoms with van der Waals surface area (Å²) in [6, 6.07) is 2.74. The summed E-state index contributed by atoms with van der Waals surface area (Å²) >= 11 is 0. The predicted molar refractivity (Wildman–Crippen MR) is 60.9 cm³/mol. The Bertz CT molecular complexity index is 299. The molecule has 0 aromatic carbocycles. The lowest BCUT2D eigenvalue weighted by atomic mass is 9.89. The molecule has 1 aromatic heterocycles. The molecular weight excluding hydrogens is 196 g/mol. The maximum absolute atomic E-state index is 4.20. The molecule has 1 aromatic rings. The van der Waals surface area contributed by atoms with Crippen LogP contribution in [0.3, 0.4) is 0 Å². The first-order valence-electron chi connectivity index (χ1n) is 4.88. The van der Waals surface area contributed by atoms with E-state index in [-0.39, 0.29) is 12.4 Å². The SMILES string of the molecule is CN(C)C1CCCc2ccncc21.Cl.